The van der Waals surface area contributed by atoms with Crippen molar-refractivity contribution in [2.45, 2.75) is 13.0 Å². The van der Waals surface area contributed by atoms with Gasteiger partial charge in [0.15, 0.2) is 0 Å². The van der Waals surface area contributed by atoms with Crippen molar-refractivity contribution >= 4 is 10.8 Å². The van der Waals surface area contributed by atoms with Gasteiger partial charge in [0.25, 0.3) is 5.56 Å². The van der Waals surface area contributed by atoms with Crippen LogP contribution in [-0.2, 0) is 0 Å². The maximum atomic E-state index is 14.0. The van der Waals surface area contributed by atoms with Gasteiger partial charge in [-0.1, -0.05) is 30.3 Å². The first-order valence-corrected chi connectivity index (χ1v) is 6.67. The van der Waals surface area contributed by atoms with Crippen molar-refractivity contribution in [3.63, 3.8) is 0 Å². The van der Waals surface area contributed by atoms with Gasteiger partial charge in [0.05, 0.1) is 17.2 Å². The quantitative estimate of drug-likeness (QED) is 0.785. The number of pyridine rings is 1. The molecule has 0 radical (unpaired) electrons. The highest BCUT2D eigenvalue weighted by Gasteiger charge is 2.16. The molecule has 0 bridgehead atoms. The van der Waals surface area contributed by atoms with Crippen molar-refractivity contribution in [2.75, 3.05) is 0 Å². The predicted molar refractivity (Wildman–Crippen MR) is 80.1 cm³/mol. The molecule has 0 aliphatic heterocycles. The zero-order chi connectivity index (χ0) is 15.0. The molecule has 0 aliphatic carbocycles. The molecule has 3 nitrogen and oxygen atoms in total. The van der Waals surface area contributed by atoms with Gasteiger partial charge in [0.2, 0.25) is 0 Å². The minimum absolute atomic E-state index is 0.0331. The number of aromatic nitrogens is 1. The second-order valence-electron chi connectivity index (χ2n) is 4.93. The Balaban J connectivity index is 2.47. The lowest BCUT2D eigenvalue weighted by Crippen LogP contribution is -2.24. The average molecular weight is 283 g/mol. The van der Waals surface area contributed by atoms with Crippen LogP contribution in [-0.4, -0.2) is 9.67 Å². The first-order valence-electron chi connectivity index (χ1n) is 6.67. The monoisotopic (exact) mass is 283 g/mol. The molecule has 3 aromatic rings. The normalized spacial score (nSPS) is 12.5. The van der Waals surface area contributed by atoms with Gasteiger partial charge in [-0.2, -0.15) is 0 Å². The fourth-order valence-electron chi connectivity index (χ4n) is 2.49. The Bertz CT molecular complexity index is 854. The van der Waals surface area contributed by atoms with E-state index in [1.54, 1.807) is 49.4 Å². The minimum atomic E-state index is -0.842. The molecule has 0 spiro atoms. The molecule has 1 unspecified atom stereocenters. The molecular formula is C17H14FNO2. The van der Waals surface area contributed by atoms with Crippen LogP contribution in [0, 0.1) is 5.82 Å². The number of rotatable bonds is 2. The summed E-state index contributed by atoms with van der Waals surface area (Å²) in [6.07, 6.45) is -0.842. The van der Waals surface area contributed by atoms with Crippen LogP contribution in [0.3, 0.4) is 0 Å². The molecule has 0 amide bonds. The highest BCUT2D eigenvalue weighted by molar-refractivity contribution is 5.83. The van der Waals surface area contributed by atoms with E-state index in [9.17, 15) is 14.3 Å². The molecule has 0 fully saturated rings. The number of aliphatic hydroxyl groups excluding tert-OH is 1. The maximum Gasteiger partial charge on any atom is 0.266 e. The van der Waals surface area contributed by atoms with E-state index in [2.05, 4.69) is 0 Å². The maximum absolute atomic E-state index is 14.0. The summed E-state index contributed by atoms with van der Waals surface area (Å²) in [5, 5.41) is 10.5. The molecule has 106 valence electrons. The van der Waals surface area contributed by atoms with Crippen LogP contribution in [0.15, 0.2) is 59.4 Å². The number of hydrogen-bond acceptors (Lipinski definition) is 2. The second-order valence-corrected chi connectivity index (χ2v) is 4.93. The number of hydrogen-bond donors (Lipinski definition) is 1. The van der Waals surface area contributed by atoms with E-state index in [1.165, 1.54) is 10.6 Å². The van der Waals surface area contributed by atoms with Gasteiger partial charge in [-0.3, -0.25) is 9.36 Å². The number of benzene rings is 2. The van der Waals surface area contributed by atoms with Gasteiger partial charge >= 0.3 is 0 Å². The predicted octanol–water partition coefficient (Wildman–Crippen LogP) is 3.18. The molecule has 1 N–H and O–H groups in total. The zero-order valence-corrected chi connectivity index (χ0v) is 11.5. The molecule has 2 aromatic carbocycles. The summed E-state index contributed by atoms with van der Waals surface area (Å²) in [4.78, 5) is 12.7. The lowest BCUT2D eigenvalue weighted by molar-refractivity contribution is 0.191. The van der Waals surface area contributed by atoms with Gasteiger partial charge in [-0.15, -0.1) is 0 Å². The lowest BCUT2D eigenvalue weighted by Gasteiger charge is -2.16. The fraction of sp³-hybridized carbons (Fsp3) is 0.118. The molecule has 1 aromatic heterocycles. The van der Waals surface area contributed by atoms with E-state index in [1.807, 2.05) is 6.07 Å². The number of aliphatic hydroxyl groups is 1. The molecule has 1 atom stereocenters. The molecule has 1 heterocycles. The summed E-state index contributed by atoms with van der Waals surface area (Å²) in [6.45, 7) is 1.58. The highest BCUT2D eigenvalue weighted by Crippen LogP contribution is 2.22. The van der Waals surface area contributed by atoms with Crippen LogP contribution in [0.1, 0.15) is 18.7 Å². The van der Waals surface area contributed by atoms with Crippen molar-refractivity contribution in [1.29, 1.82) is 0 Å². The molecule has 0 aliphatic rings. The van der Waals surface area contributed by atoms with Crippen LogP contribution in [0.25, 0.3) is 16.5 Å². The minimum Gasteiger partial charge on any atom is -0.387 e. The SMILES string of the molecule is CC(O)c1cc2cccc(F)c2c(=O)n1-c1ccccc1. The van der Waals surface area contributed by atoms with Gasteiger partial charge in [0, 0.05) is 5.69 Å². The number of nitrogens with zero attached hydrogens (tertiary/aromatic N) is 1. The summed E-state index contributed by atoms with van der Waals surface area (Å²) in [5.41, 5.74) is 0.570. The van der Waals surface area contributed by atoms with Crippen molar-refractivity contribution in [3.05, 3.63) is 76.5 Å². The van der Waals surface area contributed by atoms with E-state index in [4.69, 9.17) is 0 Å². The van der Waals surface area contributed by atoms with Crippen molar-refractivity contribution in [1.82, 2.24) is 4.57 Å². The average Bonchev–Trinajstić information content (AvgIpc) is 2.47. The van der Waals surface area contributed by atoms with E-state index in [0.717, 1.165) is 0 Å². The molecule has 21 heavy (non-hydrogen) atoms. The fourth-order valence-corrected chi connectivity index (χ4v) is 2.49. The second kappa shape index (κ2) is 5.14. The molecule has 0 saturated carbocycles. The standard InChI is InChI=1S/C17H14FNO2/c1-11(20)15-10-12-6-5-9-14(18)16(12)17(21)19(15)13-7-3-2-4-8-13/h2-11,20H,1H3. The molecule has 4 heteroatoms. The third-order valence-corrected chi connectivity index (χ3v) is 3.47. The van der Waals surface area contributed by atoms with E-state index >= 15 is 0 Å². The van der Waals surface area contributed by atoms with Gasteiger partial charge in [0.1, 0.15) is 5.82 Å². The lowest BCUT2D eigenvalue weighted by atomic mass is 10.1. The Labute approximate surface area is 120 Å². The third kappa shape index (κ3) is 2.23. The Hall–Kier alpha value is -2.46. The van der Waals surface area contributed by atoms with Crippen LogP contribution in [0.4, 0.5) is 4.39 Å². The Kier molecular flexibility index (Phi) is 3.31. The smallest absolute Gasteiger partial charge is 0.266 e. The third-order valence-electron chi connectivity index (χ3n) is 3.47. The Morgan fingerprint density at radius 2 is 1.81 bits per heavy atom. The van der Waals surface area contributed by atoms with Gasteiger partial charge < -0.3 is 5.11 Å². The summed E-state index contributed by atoms with van der Waals surface area (Å²) < 4.78 is 15.4. The van der Waals surface area contributed by atoms with E-state index in [0.29, 0.717) is 16.8 Å². The topological polar surface area (TPSA) is 42.2 Å². The summed E-state index contributed by atoms with van der Waals surface area (Å²) in [5.74, 6) is -0.556. The molecular weight excluding hydrogens is 269 g/mol. The van der Waals surface area contributed by atoms with Crippen LogP contribution in [0.2, 0.25) is 0 Å². The summed E-state index contributed by atoms with van der Waals surface area (Å²) in [7, 11) is 0. The largest absolute Gasteiger partial charge is 0.387 e. The van der Waals surface area contributed by atoms with Crippen molar-refractivity contribution in [3.8, 4) is 5.69 Å². The van der Waals surface area contributed by atoms with E-state index in [-0.39, 0.29) is 5.39 Å². The van der Waals surface area contributed by atoms with Crippen molar-refractivity contribution in [2.24, 2.45) is 0 Å². The van der Waals surface area contributed by atoms with Crippen molar-refractivity contribution < 1.29 is 9.50 Å². The highest BCUT2D eigenvalue weighted by atomic mass is 19.1. The summed E-state index contributed by atoms with van der Waals surface area (Å²) >= 11 is 0. The Morgan fingerprint density at radius 1 is 1.10 bits per heavy atom. The van der Waals surface area contributed by atoms with Crippen LogP contribution < -0.4 is 5.56 Å². The number of halogens is 1. The van der Waals surface area contributed by atoms with Gasteiger partial charge in [-0.05, 0) is 36.6 Å². The number of fused-ring (bicyclic) bond motifs is 1. The summed E-state index contributed by atoms with van der Waals surface area (Å²) in [6, 6.07) is 15.0. The molecule has 0 saturated heterocycles. The van der Waals surface area contributed by atoms with Gasteiger partial charge in [-0.25, -0.2) is 4.39 Å². The molecule has 3 rings (SSSR count). The van der Waals surface area contributed by atoms with Crippen LogP contribution in [0.5, 0.6) is 0 Å². The zero-order valence-electron chi connectivity index (χ0n) is 11.5. The first kappa shape index (κ1) is 13.5. The van der Waals surface area contributed by atoms with E-state index < -0.39 is 17.5 Å². The number of para-hydroxylation sites is 1. The van der Waals surface area contributed by atoms with Crippen LogP contribution >= 0.6 is 0 Å². The first-order chi connectivity index (χ1) is 10.1. The Morgan fingerprint density at radius 3 is 2.48 bits per heavy atom.